The highest BCUT2D eigenvalue weighted by Crippen LogP contribution is 2.20. The van der Waals surface area contributed by atoms with Crippen molar-refractivity contribution in [3.05, 3.63) is 0 Å². The van der Waals surface area contributed by atoms with Gasteiger partial charge in [0, 0.05) is 50.3 Å². The van der Waals surface area contributed by atoms with Crippen LogP contribution in [0, 0.1) is 5.92 Å². The molecule has 2 aliphatic rings. The molecule has 2 saturated heterocycles. The molecule has 0 amide bonds. The molecule has 2 rings (SSSR count). The Bertz CT molecular complexity index is 210. The lowest BCUT2D eigenvalue weighted by molar-refractivity contribution is 0.185. The van der Waals surface area contributed by atoms with Crippen molar-refractivity contribution in [2.24, 2.45) is 5.92 Å². The number of nitrogens with one attached hydrogen (secondary N) is 1. The molecule has 2 atom stereocenters. The van der Waals surface area contributed by atoms with E-state index in [0.29, 0.717) is 0 Å². The maximum Gasteiger partial charge on any atom is 0.0507 e. The van der Waals surface area contributed by atoms with Gasteiger partial charge in [-0.1, -0.05) is 6.92 Å². The minimum Gasteiger partial charge on any atom is -0.381 e. The molecule has 17 heavy (non-hydrogen) atoms. The Balaban J connectivity index is 1.52. The summed E-state index contributed by atoms with van der Waals surface area (Å²) in [4.78, 5) is 2.61. The van der Waals surface area contributed by atoms with Gasteiger partial charge in [-0.25, -0.2) is 0 Å². The zero-order valence-corrected chi connectivity index (χ0v) is 11.8. The number of nitrogens with zero attached hydrogens (tertiary/aromatic N) is 1. The van der Waals surface area contributed by atoms with Crippen LogP contribution < -0.4 is 5.32 Å². The molecular weight excluding hydrogens is 232 g/mol. The number of hydrogen-bond donors (Lipinski definition) is 1. The van der Waals surface area contributed by atoms with Crippen LogP contribution in [0.3, 0.4) is 0 Å². The summed E-state index contributed by atoms with van der Waals surface area (Å²) < 4.78 is 5.38. The van der Waals surface area contributed by atoms with Crippen LogP contribution in [0.25, 0.3) is 0 Å². The van der Waals surface area contributed by atoms with E-state index in [4.69, 9.17) is 4.74 Å². The van der Waals surface area contributed by atoms with Crippen molar-refractivity contribution < 1.29 is 4.74 Å². The molecule has 100 valence electrons. The summed E-state index contributed by atoms with van der Waals surface area (Å²) >= 11 is 2.15. The minimum atomic E-state index is 0.760. The van der Waals surface area contributed by atoms with Crippen LogP contribution in [-0.4, -0.2) is 61.8 Å². The van der Waals surface area contributed by atoms with Crippen LogP contribution in [0.2, 0.25) is 0 Å². The van der Waals surface area contributed by atoms with Crippen molar-refractivity contribution >= 4 is 11.8 Å². The van der Waals surface area contributed by atoms with Gasteiger partial charge in [-0.05, 0) is 18.8 Å². The zero-order chi connectivity index (χ0) is 11.9. The Morgan fingerprint density at radius 1 is 1.47 bits per heavy atom. The molecule has 2 fully saturated rings. The SMILES string of the molecule is CCC1CN(CCNCC2CCOC2)CCS1. The van der Waals surface area contributed by atoms with Gasteiger partial charge in [0.15, 0.2) is 0 Å². The van der Waals surface area contributed by atoms with E-state index in [-0.39, 0.29) is 0 Å². The van der Waals surface area contributed by atoms with Crippen molar-refractivity contribution in [3.63, 3.8) is 0 Å². The molecule has 0 radical (unpaired) electrons. The summed E-state index contributed by atoms with van der Waals surface area (Å²) in [6, 6.07) is 0. The molecule has 0 aromatic rings. The molecule has 2 unspecified atom stereocenters. The molecule has 0 aromatic heterocycles. The third kappa shape index (κ3) is 4.78. The predicted octanol–water partition coefficient (Wildman–Crippen LogP) is 1.44. The molecular formula is C13H26N2OS. The predicted molar refractivity (Wildman–Crippen MR) is 74.8 cm³/mol. The van der Waals surface area contributed by atoms with Crippen LogP contribution >= 0.6 is 11.8 Å². The van der Waals surface area contributed by atoms with E-state index in [1.54, 1.807) is 0 Å². The van der Waals surface area contributed by atoms with Gasteiger partial charge in [-0.3, -0.25) is 0 Å². The molecule has 0 bridgehead atoms. The van der Waals surface area contributed by atoms with Crippen molar-refractivity contribution in [3.8, 4) is 0 Å². The molecule has 0 aromatic carbocycles. The summed E-state index contributed by atoms with van der Waals surface area (Å²) in [5, 5.41) is 4.45. The van der Waals surface area contributed by atoms with Gasteiger partial charge in [0.05, 0.1) is 6.61 Å². The monoisotopic (exact) mass is 258 g/mol. The van der Waals surface area contributed by atoms with Gasteiger partial charge in [-0.15, -0.1) is 0 Å². The first-order valence-electron chi connectivity index (χ1n) is 7.01. The lowest BCUT2D eigenvalue weighted by Crippen LogP contribution is -2.41. The summed E-state index contributed by atoms with van der Waals surface area (Å²) in [5.74, 6) is 2.07. The summed E-state index contributed by atoms with van der Waals surface area (Å²) in [6.45, 7) is 10.3. The fraction of sp³-hybridized carbons (Fsp3) is 1.00. The molecule has 0 saturated carbocycles. The molecule has 0 aliphatic carbocycles. The van der Waals surface area contributed by atoms with E-state index in [2.05, 4.69) is 28.9 Å². The van der Waals surface area contributed by atoms with Crippen LogP contribution in [0.4, 0.5) is 0 Å². The lowest BCUT2D eigenvalue weighted by Gasteiger charge is -2.31. The van der Waals surface area contributed by atoms with Crippen molar-refractivity contribution in [1.82, 2.24) is 10.2 Å². The largest absolute Gasteiger partial charge is 0.381 e. The number of thioether (sulfide) groups is 1. The second-order valence-corrected chi connectivity index (χ2v) is 6.54. The topological polar surface area (TPSA) is 24.5 Å². The highest BCUT2D eigenvalue weighted by Gasteiger charge is 2.18. The summed E-state index contributed by atoms with van der Waals surface area (Å²) in [7, 11) is 0. The second-order valence-electron chi connectivity index (χ2n) is 5.14. The third-order valence-corrected chi connectivity index (χ3v) is 5.11. The first-order valence-corrected chi connectivity index (χ1v) is 8.05. The summed E-state index contributed by atoms with van der Waals surface area (Å²) in [5.41, 5.74) is 0. The third-order valence-electron chi connectivity index (χ3n) is 3.74. The highest BCUT2D eigenvalue weighted by molar-refractivity contribution is 8.00. The highest BCUT2D eigenvalue weighted by atomic mass is 32.2. The number of hydrogen-bond acceptors (Lipinski definition) is 4. The Labute approximate surface area is 110 Å². The number of ether oxygens (including phenoxy) is 1. The molecule has 2 heterocycles. The maximum absolute atomic E-state index is 5.38. The molecule has 3 nitrogen and oxygen atoms in total. The van der Waals surface area contributed by atoms with E-state index in [0.717, 1.165) is 37.5 Å². The van der Waals surface area contributed by atoms with Gasteiger partial charge in [0.25, 0.3) is 0 Å². The van der Waals surface area contributed by atoms with Crippen LogP contribution in [0.15, 0.2) is 0 Å². The molecule has 1 N–H and O–H groups in total. The fourth-order valence-corrected chi connectivity index (χ4v) is 3.77. The van der Waals surface area contributed by atoms with Crippen LogP contribution in [-0.2, 0) is 4.74 Å². The van der Waals surface area contributed by atoms with E-state index in [1.807, 2.05) is 0 Å². The Kier molecular flexibility index (Phi) is 6.12. The van der Waals surface area contributed by atoms with Crippen LogP contribution in [0.1, 0.15) is 19.8 Å². The second kappa shape index (κ2) is 7.62. The fourth-order valence-electron chi connectivity index (χ4n) is 2.52. The van der Waals surface area contributed by atoms with Crippen molar-refractivity contribution in [2.45, 2.75) is 25.0 Å². The average Bonchev–Trinajstić information content (AvgIpc) is 2.88. The molecule has 0 spiro atoms. The van der Waals surface area contributed by atoms with Gasteiger partial charge in [-0.2, -0.15) is 11.8 Å². The standard InChI is InChI=1S/C13H26N2OS/c1-2-13-10-15(6-8-17-13)5-4-14-9-12-3-7-16-11-12/h12-14H,2-11H2,1H3. The van der Waals surface area contributed by atoms with Gasteiger partial charge in [0.1, 0.15) is 0 Å². The Hall–Kier alpha value is 0.230. The Morgan fingerprint density at radius 2 is 2.41 bits per heavy atom. The molecule has 4 heteroatoms. The van der Waals surface area contributed by atoms with E-state index in [9.17, 15) is 0 Å². The van der Waals surface area contributed by atoms with Gasteiger partial charge in [0.2, 0.25) is 0 Å². The molecule has 2 aliphatic heterocycles. The van der Waals surface area contributed by atoms with Gasteiger partial charge >= 0.3 is 0 Å². The first-order chi connectivity index (χ1) is 8.38. The van der Waals surface area contributed by atoms with E-state index in [1.165, 1.54) is 38.2 Å². The summed E-state index contributed by atoms with van der Waals surface area (Å²) in [6.07, 6.45) is 2.55. The smallest absolute Gasteiger partial charge is 0.0507 e. The zero-order valence-electron chi connectivity index (χ0n) is 11.0. The van der Waals surface area contributed by atoms with E-state index < -0.39 is 0 Å². The van der Waals surface area contributed by atoms with E-state index >= 15 is 0 Å². The first kappa shape index (κ1) is 13.7. The van der Waals surface area contributed by atoms with Crippen molar-refractivity contribution in [1.29, 1.82) is 0 Å². The maximum atomic E-state index is 5.38. The van der Waals surface area contributed by atoms with Crippen molar-refractivity contribution in [2.75, 3.05) is 51.7 Å². The quantitative estimate of drug-likeness (QED) is 0.729. The average molecular weight is 258 g/mol. The van der Waals surface area contributed by atoms with Crippen LogP contribution in [0.5, 0.6) is 0 Å². The normalized spacial score (nSPS) is 30.9. The van der Waals surface area contributed by atoms with Gasteiger partial charge < -0.3 is 15.0 Å². The minimum absolute atomic E-state index is 0.760. The lowest BCUT2D eigenvalue weighted by atomic mass is 10.1. The Morgan fingerprint density at radius 3 is 3.18 bits per heavy atom. The number of rotatable bonds is 6.